The third kappa shape index (κ3) is 5.10. The number of anilines is 1. The predicted molar refractivity (Wildman–Crippen MR) is 63.1 cm³/mol. The van der Waals surface area contributed by atoms with Gasteiger partial charge in [-0.25, -0.2) is 0 Å². The lowest BCUT2D eigenvalue weighted by Gasteiger charge is -2.08. The van der Waals surface area contributed by atoms with E-state index in [0.29, 0.717) is 5.69 Å². The molecule has 1 atom stereocenters. The molecule has 5 N–H and O–H groups in total. The maximum atomic E-state index is 11.4. The number of aliphatic hydroxyl groups excluding tert-OH is 1. The van der Waals surface area contributed by atoms with Crippen LogP contribution >= 0.6 is 0 Å². The Morgan fingerprint density at radius 1 is 1.29 bits per heavy atom. The van der Waals surface area contributed by atoms with E-state index in [1.165, 1.54) is 0 Å². The Hall–Kier alpha value is -1.92. The molecule has 92 valence electrons. The van der Waals surface area contributed by atoms with Gasteiger partial charge in [0.25, 0.3) is 0 Å². The lowest BCUT2D eigenvalue weighted by atomic mass is 10.3. The van der Waals surface area contributed by atoms with Crippen LogP contribution in [0.1, 0.15) is 0 Å². The minimum absolute atomic E-state index is 0.000760. The average Bonchev–Trinajstić information content (AvgIpc) is 2.30. The van der Waals surface area contributed by atoms with Crippen LogP contribution in [0.5, 0.6) is 0 Å². The van der Waals surface area contributed by atoms with Gasteiger partial charge in [-0.05, 0) is 12.1 Å². The van der Waals surface area contributed by atoms with Crippen LogP contribution in [-0.4, -0.2) is 36.1 Å². The molecule has 17 heavy (non-hydrogen) atoms. The van der Waals surface area contributed by atoms with E-state index in [1.54, 1.807) is 24.3 Å². The number of para-hydroxylation sites is 1. The Morgan fingerprint density at radius 3 is 2.53 bits per heavy atom. The van der Waals surface area contributed by atoms with Crippen molar-refractivity contribution in [1.29, 1.82) is 0 Å². The van der Waals surface area contributed by atoms with Gasteiger partial charge in [0, 0.05) is 12.2 Å². The number of hydrogen-bond donors (Lipinski definition) is 4. The first-order chi connectivity index (χ1) is 8.09. The summed E-state index contributed by atoms with van der Waals surface area (Å²) < 4.78 is 0. The Morgan fingerprint density at radius 2 is 1.94 bits per heavy atom. The normalized spacial score (nSPS) is 11.8. The molecule has 6 heteroatoms. The second-order valence-electron chi connectivity index (χ2n) is 3.46. The van der Waals surface area contributed by atoms with Gasteiger partial charge in [-0.15, -0.1) is 0 Å². The summed E-state index contributed by atoms with van der Waals surface area (Å²) in [4.78, 5) is 21.9. The summed E-state index contributed by atoms with van der Waals surface area (Å²) in [5.74, 6) is -1.08. The molecule has 6 nitrogen and oxygen atoms in total. The number of nitrogens with two attached hydrogens (primary N) is 1. The maximum absolute atomic E-state index is 11.4. The molecule has 1 aromatic rings. The third-order valence-corrected chi connectivity index (χ3v) is 2.01. The highest BCUT2D eigenvalue weighted by atomic mass is 16.3. The van der Waals surface area contributed by atoms with E-state index in [1.807, 2.05) is 6.07 Å². The second-order valence-corrected chi connectivity index (χ2v) is 3.46. The van der Waals surface area contributed by atoms with Gasteiger partial charge < -0.3 is 21.5 Å². The molecule has 0 bridgehead atoms. The largest absolute Gasteiger partial charge is 0.382 e. The molecular formula is C11H15N3O3. The molecule has 0 spiro atoms. The first-order valence-corrected chi connectivity index (χ1v) is 5.12. The monoisotopic (exact) mass is 237 g/mol. The number of nitrogens with one attached hydrogen (secondary N) is 2. The molecule has 0 fully saturated rings. The highest BCUT2D eigenvalue weighted by Crippen LogP contribution is 2.03. The van der Waals surface area contributed by atoms with Crippen LogP contribution in [0.25, 0.3) is 0 Å². The lowest BCUT2D eigenvalue weighted by Crippen LogP contribution is -2.40. The molecule has 0 heterocycles. The fourth-order valence-corrected chi connectivity index (χ4v) is 1.15. The topological polar surface area (TPSA) is 104 Å². The van der Waals surface area contributed by atoms with Gasteiger partial charge >= 0.3 is 0 Å². The van der Waals surface area contributed by atoms with Gasteiger partial charge in [-0.1, -0.05) is 18.2 Å². The standard InChI is InChI=1S/C11H15N3O3/c12-11(17)9(15)6-13-7-10(16)14-8-4-2-1-3-5-8/h1-5,9,13,15H,6-7H2,(H2,12,17)(H,14,16). The SMILES string of the molecule is NC(=O)C(O)CNCC(=O)Nc1ccccc1. The predicted octanol–water partition coefficient (Wildman–Crippen LogP) is -0.939. The fraction of sp³-hybridized carbons (Fsp3) is 0.273. The number of primary amides is 1. The number of carbonyl (C=O) groups is 2. The van der Waals surface area contributed by atoms with Crippen LogP contribution in [0, 0.1) is 0 Å². The smallest absolute Gasteiger partial charge is 0.247 e. The van der Waals surface area contributed by atoms with E-state index in [2.05, 4.69) is 10.6 Å². The average molecular weight is 237 g/mol. The molecular weight excluding hydrogens is 222 g/mol. The van der Waals surface area contributed by atoms with Crippen LogP contribution < -0.4 is 16.4 Å². The van der Waals surface area contributed by atoms with Gasteiger partial charge in [-0.3, -0.25) is 9.59 Å². The summed E-state index contributed by atoms with van der Waals surface area (Å²) in [6.07, 6.45) is -1.28. The molecule has 0 saturated heterocycles. The zero-order valence-electron chi connectivity index (χ0n) is 9.22. The summed E-state index contributed by atoms with van der Waals surface area (Å²) >= 11 is 0. The number of amides is 2. The van der Waals surface area contributed by atoms with Crippen molar-refractivity contribution in [2.45, 2.75) is 6.10 Å². The number of hydrogen-bond acceptors (Lipinski definition) is 4. The van der Waals surface area contributed by atoms with E-state index < -0.39 is 12.0 Å². The lowest BCUT2D eigenvalue weighted by molar-refractivity contribution is -0.126. The number of carbonyl (C=O) groups excluding carboxylic acids is 2. The van der Waals surface area contributed by atoms with Crippen LogP contribution in [0.3, 0.4) is 0 Å². The Bertz CT molecular complexity index is 381. The van der Waals surface area contributed by atoms with Crippen molar-refractivity contribution in [1.82, 2.24) is 5.32 Å². The van der Waals surface area contributed by atoms with E-state index in [4.69, 9.17) is 10.8 Å². The van der Waals surface area contributed by atoms with Gasteiger partial charge in [0.1, 0.15) is 6.10 Å². The summed E-state index contributed by atoms with van der Waals surface area (Å²) in [7, 11) is 0. The van der Waals surface area contributed by atoms with Crippen LogP contribution in [0.4, 0.5) is 5.69 Å². The quantitative estimate of drug-likeness (QED) is 0.512. The molecule has 2 amide bonds. The Kier molecular flexibility index (Phi) is 5.12. The van der Waals surface area contributed by atoms with Crippen molar-refractivity contribution >= 4 is 17.5 Å². The minimum Gasteiger partial charge on any atom is -0.382 e. The van der Waals surface area contributed by atoms with Gasteiger partial charge in [-0.2, -0.15) is 0 Å². The Labute approximate surface area is 98.8 Å². The van der Waals surface area contributed by atoms with Crippen LogP contribution in [-0.2, 0) is 9.59 Å². The van der Waals surface area contributed by atoms with E-state index in [-0.39, 0.29) is 19.0 Å². The summed E-state index contributed by atoms with van der Waals surface area (Å²) in [6, 6.07) is 8.98. The summed E-state index contributed by atoms with van der Waals surface area (Å²) in [5.41, 5.74) is 5.54. The minimum atomic E-state index is -1.28. The number of rotatable bonds is 6. The van der Waals surface area contributed by atoms with E-state index in [9.17, 15) is 9.59 Å². The zero-order chi connectivity index (χ0) is 12.7. The van der Waals surface area contributed by atoms with E-state index >= 15 is 0 Å². The maximum Gasteiger partial charge on any atom is 0.247 e. The second kappa shape index (κ2) is 6.62. The third-order valence-electron chi connectivity index (χ3n) is 2.01. The van der Waals surface area contributed by atoms with Crippen LogP contribution in [0.2, 0.25) is 0 Å². The molecule has 0 aliphatic carbocycles. The number of benzene rings is 1. The molecule has 0 radical (unpaired) electrons. The molecule has 1 aromatic carbocycles. The van der Waals surface area contributed by atoms with Crippen LogP contribution in [0.15, 0.2) is 30.3 Å². The van der Waals surface area contributed by atoms with E-state index in [0.717, 1.165) is 0 Å². The fourth-order valence-electron chi connectivity index (χ4n) is 1.15. The summed E-state index contributed by atoms with van der Waals surface area (Å²) in [6.45, 7) is -0.0449. The van der Waals surface area contributed by atoms with Crippen molar-refractivity contribution < 1.29 is 14.7 Å². The first-order valence-electron chi connectivity index (χ1n) is 5.12. The van der Waals surface area contributed by atoms with Crippen molar-refractivity contribution in [2.75, 3.05) is 18.4 Å². The molecule has 0 aliphatic heterocycles. The molecule has 0 aliphatic rings. The Balaban J connectivity index is 2.25. The summed E-state index contributed by atoms with van der Waals surface area (Å²) in [5, 5.41) is 14.3. The number of aliphatic hydroxyl groups is 1. The highest BCUT2D eigenvalue weighted by molar-refractivity contribution is 5.92. The van der Waals surface area contributed by atoms with Crippen molar-refractivity contribution in [3.63, 3.8) is 0 Å². The van der Waals surface area contributed by atoms with Gasteiger partial charge in [0.2, 0.25) is 11.8 Å². The molecule has 0 saturated carbocycles. The highest BCUT2D eigenvalue weighted by Gasteiger charge is 2.10. The van der Waals surface area contributed by atoms with Crippen molar-refractivity contribution in [2.24, 2.45) is 5.73 Å². The van der Waals surface area contributed by atoms with Gasteiger partial charge in [0.15, 0.2) is 0 Å². The van der Waals surface area contributed by atoms with Crippen molar-refractivity contribution in [3.8, 4) is 0 Å². The van der Waals surface area contributed by atoms with Gasteiger partial charge in [0.05, 0.1) is 6.54 Å². The molecule has 0 aromatic heterocycles. The molecule has 1 rings (SSSR count). The van der Waals surface area contributed by atoms with Crippen molar-refractivity contribution in [3.05, 3.63) is 30.3 Å². The first kappa shape index (κ1) is 13.1. The molecule has 1 unspecified atom stereocenters. The zero-order valence-corrected chi connectivity index (χ0v) is 9.22.